The van der Waals surface area contributed by atoms with Gasteiger partial charge >= 0.3 is 0 Å². The lowest BCUT2D eigenvalue weighted by molar-refractivity contribution is 0.221. The maximum Gasteiger partial charge on any atom is 0.180 e. The van der Waals surface area contributed by atoms with Crippen LogP contribution in [-0.4, -0.2) is 9.78 Å². The van der Waals surface area contributed by atoms with Crippen molar-refractivity contribution in [3.63, 3.8) is 0 Å². The number of nitrogens with zero attached hydrogens (tertiary/aromatic N) is 2. The van der Waals surface area contributed by atoms with Gasteiger partial charge in [-0.05, 0) is 30.2 Å². The first kappa shape index (κ1) is 11.8. The molecule has 1 aromatic heterocycles. The lowest BCUT2D eigenvalue weighted by Crippen LogP contribution is -2.06. The van der Waals surface area contributed by atoms with Gasteiger partial charge in [-0.3, -0.25) is 0 Å². The average molecular weight is 252 g/mol. The van der Waals surface area contributed by atoms with Crippen LogP contribution in [0.4, 0.5) is 5.82 Å². The van der Waals surface area contributed by atoms with Gasteiger partial charge in [0.15, 0.2) is 6.73 Å². The Morgan fingerprint density at radius 1 is 1.41 bits per heavy atom. The Morgan fingerprint density at radius 2 is 2.24 bits per heavy atom. The molecular formula is C12H14ClN3O. The van der Waals surface area contributed by atoms with Gasteiger partial charge in [-0.1, -0.05) is 18.5 Å². The molecule has 90 valence electrons. The van der Waals surface area contributed by atoms with Gasteiger partial charge in [0.05, 0.1) is 0 Å². The Hall–Kier alpha value is -1.68. The van der Waals surface area contributed by atoms with E-state index < -0.39 is 0 Å². The van der Waals surface area contributed by atoms with Gasteiger partial charge in [0.2, 0.25) is 0 Å². The first-order valence-electron chi connectivity index (χ1n) is 5.39. The molecule has 0 fully saturated rings. The molecule has 0 aliphatic carbocycles. The van der Waals surface area contributed by atoms with Crippen molar-refractivity contribution in [2.75, 3.05) is 5.73 Å². The molecule has 0 spiro atoms. The molecule has 2 rings (SSSR count). The lowest BCUT2D eigenvalue weighted by Gasteiger charge is -2.08. The summed E-state index contributed by atoms with van der Waals surface area (Å²) in [5, 5.41) is 4.80. The summed E-state index contributed by atoms with van der Waals surface area (Å²) in [6.45, 7) is 2.39. The van der Waals surface area contributed by atoms with Gasteiger partial charge in [-0.15, -0.1) is 0 Å². The zero-order valence-corrected chi connectivity index (χ0v) is 10.3. The predicted octanol–water partition coefficient (Wildman–Crippen LogP) is 2.72. The SMILES string of the molecule is CCc1cc(OCn2ccc(N)n2)ccc1Cl. The van der Waals surface area contributed by atoms with Gasteiger partial charge in [-0.25, -0.2) is 4.68 Å². The Bertz CT molecular complexity index is 510. The summed E-state index contributed by atoms with van der Waals surface area (Å²) in [5.41, 5.74) is 6.58. The monoisotopic (exact) mass is 251 g/mol. The highest BCUT2D eigenvalue weighted by Crippen LogP contribution is 2.22. The number of hydrogen-bond acceptors (Lipinski definition) is 3. The largest absolute Gasteiger partial charge is 0.471 e. The highest BCUT2D eigenvalue weighted by Gasteiger charge is 2.01. The molecule has 2 aromatic rings. The van der Waals surface area contributed by atoms with Crippen LogP contribution in [0.15, 0.2) is 30.5 Å². The van der Waals surface area contributed by atoms with Crippen molar-refractivity contribution in [1.82, 2.24) is 9.78 Å². The highest BCUT2D eigenvalue weighted by molar-refractivity contribution is 6.31. The topological polar surface area (TPSA) is 53.1 Å². The molecule has 0 bridgehead atoms. The molecule has 1 heterocycles. The molecule has 0 radical (unpaired) electrons. The third-order valence-electron chi connectivity index (χ3n) is 2.42. The number of aromatic nitrogens is 2. The summed E-state index contributed by atoms with van der Waals surface area (Å²) >= 11 is 6.03. The number of nitrogen functional groups attached to an aromatic ring is 1. The molecule has 2 N–H and O–H groups in total. The van der Waals surface area contributed by atoms with Crippen LogP contribution >= 0.6 is 11.6 Å². The molecule has 0 aliphatic heterocycles. The maximum absolute atomic E-state index is 6.03. The number of rotatable bonds is 4. The minimum Gasteiger partial charge on any atom is -0.471 e. The Balaban J connectivity index is 2.04. The van der Waals surface area contributed by atoms with Gasteiger partial charge in [0.25, 0.3) is 0 Å². The van der Waals surface area contributed by atoms with Crippen molar-refractivity contribution in [1.29, 1.82) is 0 Å². The van der Waals surface area contributed by atoms with E-state index in [1.807, 2.05) is 18.2 Å². The van der Waals surface area contributed by atoms with Crippen LogP contribution in [0.25, 0.3) is 0 Å². The fourth-order valence-electron chi connectivity index (χ4n) is 1.50. The van der Waals surface area contributed by atoms with Crippen LogP contribution in [0.3, 0.4) is 0 Å². The summed E-state index contributed by atoms with van der Waals surface area (Å²) in [6.07, 6.45) is 2.65. The predicted molar refractivity (Wildman–Crippen MR) is 68.1 cm³/mol. The molecular weight excluding hydrogens is 238 g/mol. The van der Waals surface area contributed by atoms with Gasteiger partial charge < -0.3 is 10.5 Å². The summed E-state index contributed by atoms with van der Waals surface area (Å²) in [6, 6.07) is 7.35. The molecule has 17 heavy (non-hydrogen) atoms. The second-order valence-corrected chi connectivity index (χ2v) is 4.07. The Morgan fingerprint density at radius 3 is 2.88 bits per heavy atom. The van der Waals surface area contributed by atoms with Crippen molar-refractivity contribution >= 4 is 17.4 Å². The molecule has 0 aliphatic rings. The molecule has 0 saturated heterocycles. The highest BCUT2D eigenvalue weighted by atomic mass is 35.5. The van der Waals surface area contributed by atoms with Crippen LogP contribution in [-0.2, 0) is 13.2 Å². The smallest absolute Gasteiger partial charge is 0.180 e. The molecule has 4 nitrogen and oxygen atoms in total. The summed E-state index contributed by atoms with van der Waals surface area (Å²) < 4.78 is 7.22. The van der Waals surface area contributed by atoms with Crippen molar-refractivity contribution < 1.29 is 4.74 Å². The van der Waals surface area contributed by atoms with Crippen LogP contribution in [0, 0.1) is 0 Å². The van der Waals surface area contributed by atoms with E-state index in [2.05, 4.69) is 12.0 Å². The van der Waals surface area contributed by atoms with E-state index in [0.29, 0.717) is 12.5 Å². The zero-order chi connectivity index (χ0) is 12.3. The van der Waals surface area contributed by atoms with E-state index in [0.717, 1.165) is 22.8 Å². The van der Waals surface area contributed by atoms with Crippen molar-refractivity contribution in [2.45, 2.75) is 20.1 Å². The van der Waals surface area contributed by atoms with E-state index in [1.54, 1.807) is 16.9 Å². The van der Waals surface area contributed by atoms with E-state index >= 15 is 0 Å². The van der Waals surface area contributed by atoms with E-state index in [1.165, 1.54) is 0 Å². The number of anilines is 1. The zero-order valence-electron chi connectivity index (χ0n) is 9.56. The molecule has 0 unspecified atom stereocenters. The quantitative estimate of drug-likeness (QED) is 0.909. The first-order chi connectivity index (χ1) is 8.19. The van der Waals surface area contributed by atoms with Gasteiger partial charge in [0.1, 0.15) is 11.6 Å². The molecule has 1 aromatic carbocycles. The number of aryl methyl sites for hydroxylation is 1. The second-order valence-electron chi connectivity index (χ2n) is 3.66. The van der Waals surface area contributed by atoms with E-state index in [9.17, 15) is 0 Å². The van der Waals surface area contributed by atoms with Crippen LogP contribution in [0.1, 0.15) is 12.5 Å². The van der Waals surface area contributed by atoms with Crippen LogP contribution < -0.4 is 10.5 Å². The van der Waals surface area contributed by atoms with Crippen molar-refractivity contribution in [3.8, 4) is 5.75 Å². The van der Waals surface area contributed by atoms with Crippen LogP contribution in [0.5, 0.6) is 5.75 Å². The number of halogens is 1. The summed E-state index contributed by atoms with van der Waals surface area (Å²) in [4.78, 5) is 0. The molecule has 0 atom stereocenters. The molecule has 5 heteroatoms. The third-order valence-corrected chi connectivity index (χ3v) is 2.79. The van der Waals surface area contributed by atoms with E-state index in [-0.39, 0.29) is 0 Å². The fraction of sp³-hybridized carbons (Fsp3) is 0.250. The first-order valence-corrected chi connectivity index (χ1v) is 5.77. The van der Waals surface area contributed by atoms with Gasteiger partial charge in [0, 0.05) is 17.3 Å². The summed E-state index contributed by atoms with van der Waals surface area (Å²) in [7, 11) is 0. The minimum absolute atomic E-state index is 0.335. The Labute approximate surface area is 105 Å². The average Bonchev–Trinajstić information content (AvgIpc) is 2.74. The number of hydrogen-bond donors (Lipinski definition) is 1. The lowest BCUT2D eigenvalue weighted by atomic mass is 10.2. The molecule has 0 amide bonds. The van der Waals surface area contributed by atoms with Crippen LogP contribution in [0.2, 0.25) is 5.02 Å². The molecule has 0 saturated carbocycles. The normalized spacial score (nSPS) is 10.5. The number of ether oxygens (including phenoxy) is 1. The summed E-state index contributed by atoms with van der Waals surface area (Å²) in [5.74, 6) is 1.26. The standard InChI is InChI=1S/C12H14ClN3O/c1-2-9-7-10(3-4-11(9)13)17-8-16-6-5-12(14)15-16/h3-7H,2,8H2,1H3,(H2,14,15). The fourth-order valence-corrected chi connectivity index (χ4v) is 1.75. The third kappa shape index (κ3) is 2.91. The van der Waals surface area contributed by atoms with E-state index in [4.69, 9.17) is 22.1 Å². The maximum atomic E-state index is 6.03. The second kappa shape index (κ2) is 5.10. The number of nitrogens with two attached hydrogens (primary N) is 1. The van der Waals surface area contributed by atoms with Gasteiger partial charge in [-0.2, -0.15) is 5.10 Å². The minimum atomic E-state index is 0.335. The van der Waals surface area contributed by atoms with Crippen molar-refractivity contribution in [2.24, 2.45) is 0 Å². The Kier molecular flexibility index (Phi) is 3.54. The number of benzene rings is 1. The van der Waals surface area contributed by atoms with Crippen molar-refractivity contribution in [3.05, 3.63) is 41.0 Å².